The third kappa shape index (κ3) is 8.90. The summed E-state index contributed by atoms with van der Waals surface area (Å²) in [4.78, 5) is 97.8. The van der Waals surface area contributed by atoms with Gasteiger partial charge in [0.15, 0.2) is 93.1 Å². The highest BCUT2D eigenvalue weighted by atomic mass is 16.6. The molecule has 0 aliphatic carbocycles. The number of benzene rings is 6. The van der Waals surface area contributed by atoms with E-state index in [1.807, 2.05) is 0 Å². The number of hydrogen-bond donors (Lipinski definition) is 19. The van der Waals surface area contributed by atoms with Gasteiger partial charge in [0.05, 0.1) is 27.8 Å². The van der Waals surface area contributed by atoms with Crippen molar-refractivity contribution in [1.82, 2.24) is 0 Å². The largest absolute Gasteiger partial charge is 0.504 e. The molecule has 0 aromatic heterocycles. The maximum absolute atomic E-state index is 14.9. The summed E-state index contributed by atoms with van der Waals surface area (Å²) in [5.74, 6) is -42.5. The molecule has 19 N–H and O–H groups in total. The number of ether oxygens (including phenoxy) is 6. The van der Waals surface area contributed by atoms with Crippen molar-refractivity contribution in [2.24, 2.45) is 0 Å². The molecule has 2 heterocycles. The van der Waals surface area contributed by atoms with Crippen molar-refractivity contribution in [2.75, 3.05) is 6.61 Å². The van der Waals surface area contributed by atoms with E-state index in [2.05, 4.69) is 0 Å². The van der Waals surface area contributed by atoms with Crippen molar-refractivity contribution >= 4 is 41.8 Å². The van der Waals surface area contributed by atoms with Gasteiger partial charge in [-0.25, -0.2) is 33.6 Å². The Labute approximate surface area is 438 Å². The summed E-state index contributed by atoms with van der Waals surface area (Å²) in [6, 6.07) is 2.12. The molecule has 0 unspecified atom stereocenters. The molecule has 32 heteroatoms. The first-order valence-electron chi connectivity index (χ1n) is 21.6. The minimum absolute atomic E-state index is 0.185. The number of esters is 5. The molecule has 0 saturated heterocycles. The lowest BCUT2D eigenvalue weighted by Crippen LogP contribution is -2.55. The first kappa shape index (κ1) is 54.3. The van der Waals surface area contributed by atoms with Gasteiger partial charge in [0, 0.05) is 34.4 Å². The van der Waals surface area contributed by atoms with E-state index in [-0.39, 0.29) is 24.3 Å². The second-order valence-corrected chi connectivity index (χ2v) is 16.7. The summed E-state index contributed by atoms with van der Waals surface area (Å²) in [5, 5.41) is 202. The van der Waals surface area contributed by atoms with E-state index in [4.69, 9.17) is 28.4 Å². The van der Waals surface area contributed by atoms with Gasteiger partial charge >= 0.3 is 41.8 Å². The zero-order valence-corrected chi connectivity index (χ0v) is 38.9. The van der Waals surface area contributed by atoms with Crippen LogP contribution in [0.2, 0.25) is 0 Å². The summed E-state index contributed by atoms with van der Waals surface area (Å²) >= 11 is 0. The lowest BCUT2D eigenvalue weighted by atomic mass is 9.91. The van der Waals surface area contributed by atoms with Crippen molar-refractivity contribution in [1.29, 1.82) is 0 Å². The zero-order chi connectivity index (χ0) is 59.0. The molecule has 6 aromatic rings. The van der Waals surface area contributed by atoms with Gasteiger partial charge < -0.3 is 125 Å². The maximum atomic E-state index is 14.9. The van der Waals surface area contributed by atoms with Crippen molar-refractivity contribution in [3.63, 3.8) is 0 Å². The summed E-state index contributed by atoms with van der Waals surface area (Å²) in [7, 11) is 0. The number of aromatic carboxylic acids is 1. The van der Waals surface area contributed by atoms with Crippen LogP contribution in [0.4, 0.5) is 0 Å². The van der Waals surface area contributed by atoms with Crippen molar-refractivity contribution < 1.29 is 159 Å². The van der Waals surface area contributed by atoms with Crippen LogP contribution in [0.3, 0.4) is 0 Å². The second-order valence-electron chi connectivity index (χ2n) is 16.7. The third-order valence-electron chi connectivity index (χ3n) is 11.9. The lowest BCUT2D eigenvalue weighted by molar-refractivity contribution is -0.167. The number of carboxylic acids is 2. The van der Waals surface area contributed by atoms with E-state index in [1.165, 1.54) is 0 Å². The smallest absolute Gasteiger partial charge is 0.349 e. The predicted octanol–water partition coefficient (Wildman–Crippen LogP) is 2.28. The van der Waals surface area contributed by atoms with E-state index >= 15 is 0 Å². The monoisotopic (exact) mass is 1120 g/mol. The number of aliphatic carboxylic acids is 1. The number of phenolic OH excluding ortho intramolecular Hbond substituents is 17. The maximum Gasteiger partial charge on any atom is 0.349 e. The van der Waals surface area contributed by atoms with Gasteiger partial charge in [-0.3, -0.25) is 0 Å². The first-order chi connectivity index (χ1) is 37.5. The SMILES string of the molecule is O=C(O[C@@H]1COC(=O)c2cc(Oc3c(C(=O)O)cc(O)c(O)c3O)c(O)c(O)c2-c2c(cc(O)c(O)c2O)C(=O)O[C@H]1[C@@H]1OC(=O)c2cc(O)c(O)c(O)c2-c2c(cc(O)c(O)c2O)C(=O)O[C@@H]1C(=O)O)c1cc(O)c(O)c(O)c1. The number of aromatic hydroxyl groups is 17. The highest BCUT2D eigenvalue weighted by Crippen LogP contribution is 2.57. The standard InChI is InChI=1S/C48H32O32/c49-15-1-9(2-16(50)27(15)55)44(70)77-22-8-75-45(71)13-7-21(76-38-14(42(66)67)6-20(54)31(59)37(38)65)32(60)36(64)26(13)25-10(3-17(51)30(58)35(25)63)46(72)78-39(22)40-41(43(68)69)80-48(74)12-5-19(53)29(57)34(62)24(12)23-11(47(73)79-40)4-18(52)28(56)33(23)61/h1-7,22,39-41,49-65H,8H2,(H,66,67)(H,68,69)/t22-,39-,40+,41+/m1/s1. The molecule has 0 saturated carbocycles. The van der Waals surface area contributed by atoms with Crippen LogP contribution in [0.25, 0.3) is 22.3 Å². The summed E-state index contributed by atoms with van der Waals surface area (Å²) < 4.78 is 32.3. The highest BCUT2D eigenvalue weighted by Gasteiger charge is 2.51. The molecule has 0 radical (unpaired) electrons. The Hall–Kier alpha value is -12.0. The molecule has 4 atom stereocenters. The number of carbonyl (C=O) groups excluding carboxylic acids is 5. The van der Waals surface area contributed by atoms with Gasteiger partial charge in [-0.2, -0.15) is 0 Å². The minimum atomic E-state index is -3.25. The van der Waals surface area contributed by atoms with E-state index in [9.17, 15) is 131 Å². The average Bonchev–Trinajstić information content (AvgIpc) is 3.55. The molecule has 0 spiro atoms. The Kier molecular flexibility index (Phi) is 13.3. The second kappa shape index (κ2) is 19.6. The van der Waals surface area contributed by atoms with Gasteiger partial charge in [0.2, 0.25) is 40.6 Å². The lowest BCUT2D eigenvalue weighted by Gasteiger charge is -2.35. The summed E-state index contributed by atoms with van der Waals surface area (Å²) in [5.41, 5.74) is -12.8. The van der Waals surface area contributed by atoms with Crippen LogP contribution in [0.5, 0.6) is 109 Å². The fraction of sp³-hybridized carbons (Fsp3) is 0.104. The molecule has 2 aliphatic rings. The van der Waals surface area contributed by atoms with Crippen molar-refractivity contribution in [2.45, 2.75) is 24.4 Å². The highest BCUT2D eigenvalue weighted by molar-refractivity contribution is 6.10. The van der Waals surface area contributed by atoms with Gasteiger partial charge in [-0.15, -0.1) is 0 Å². The average molecular weight is 1120 g/mol. The van der Waals surface area contributed by atoms with Crippen molar-refractivity contribution in [3.05, 3.63) is 75.8 Å². The fourth-order valence-electron chi connectivity index (χ4n) is 8.13. The third-order valence-corrected chi connectivity index (χ3v) is 11.9. The van der Waals surface area contributed by atoms with Gasteiger partial charge in [-0.1, -0.05) is 0 Å². The zero-order valence-electron chi connectivity index (χ0n) is 38.9. The van der Waals surface area contributed by atoms with Gasteiger partial charge in [0.1, 0.15) is 12.2 Å². The molecule has 0 bridgehead atoms. The fourth-order valence-corrected chi connectivity index (χ4v) is 8.13. The molecular weight excluding hydrogens is 1090 g/mol. The summed E-state index contributed by atoms with van der Waals surface area (Å²) in [6.45, 7) is -1.76. The van der Waals surface area contributed by atoms with Crippen LogP contribution in [-0.4, -0.2) is 170 Å². The number of rotatable bonds is 7. The molecule has 32 nitrogen and oxygen atoms in total. The molecule has 80 heavy (non-hydrogen) atoms. The van der Waals surface area contributed by atoms with E-state index in [0.717, 1.165) is 0 Å². The van der Waals surface area contributed by atoms with Crippen LogP contribution in [0.1, 0.15) is 62.1 Å². The molecule has 0 fully saturated rings. The Morgan fingerprint density at radius 1 is 0.425 bits per heavy atom. The Morgan fingerprint density at radius 3 is 1.26 bits per heavy atom. The molecule has 0 amide bonds. The van der Waals surface area contributed by atoms with Crippen LogP contribution in [0, 0.1) is 0 Å². The molecule has 2 aliphatic heterocycles. The molecule has 6 aromatic carbocycles. The number of phenols is 17. The number of carbonyl (C=O) groups is 7. The molecular formula is C48H32O32. The van der Waals surface area contributed by atoms with Gasteiger partial charge in [-0.05, 0) is 30.3 Å². The topological polar surface area (TPSA) is 559 Å². The number of cyclic esters (lactones) is 4. The minimum Gasteiger partial charge on any atom is -0.504 e. The Morgan fingerprint density at radius 2 is 0.812 bits per heavy atom. The van der Waals surface area contributed by atoms with Crippen LogP contribution >= 0.6 is 0 Å². The Balaban J connectivity index is 1.40. The van der Waals surface area contributed by atoms with Crippen LogP contribution < -0.4 is 4.74 Å². The van der Waals surface area contributed by atoms with Gasteiger partial charge in [0.25, 0.3) is 0 Å². The predicted molar refractivity (Wildman–Crippen MR) is 247 cm³/mol. The van der Waals surface area contributed by atoms with E-state index in [0.29, 0.717) is 18.2 Å². The number of hydrogen-bond acceptors (Lipinski definition) is 30. The summed E-state index contributed by atoms with van der Waals surface area (Å²) in [6.07, 6.45) is -12.4. The van der Waals surface area contributed by atoms with Crippen LogP contribution in [0.15, 0.2) is 42.5 Å². The molecule has 8 rings (SSSR count). The normalized spacial score (nSPS) is 17.1. The number of fused-ring (bicyclic) bond motifs is 6. The Bertz CT molecular complexity index is 3740. The molecule has 416 valence electrons. The van der Waals surface area contributed by atoms with E-state index in [1.54, 1.807) is 0 Å². The van der Waals surface area contributed by atoms with E-state index < -0.39 is 238 Å². The number of carboxylic acid groups (broad SMARTS) is 2. The first-order valence-corrected chi connectivity index (χ1v) is 21.6. The van der Waals surface area contributed by atoms with Crippen LogP contribution in [-0.2, 0) is 28.5 Å². The van der Waals surface area contributed by atoms with Crippen molar-refractivity contribution in [3.8, 4) is 131 Å². The quantitative estimate of drug-likeness (QED) is 0.0619.